The van der Waals surface area contributed by atoms with E-state index in [0.29, 0.717) is 17.7 Å². The molecule has 0 radical (unpaired) electrons. The van der Waals surface area contributed by atoms with Crippen LogP contribution < -0.4 is 0 Å². The summed E-state index contributed by atoms with van der Waals surface area (Å²) in [6, 6.07) is 13.6. The molecule has 0 spiro atoms. The number of rotatable bonds is 0. The van der Waals surface area contributed by atoms with Gasteiger partial charge in [0, 0.05) is 18.5 Å². The van der Waals surface area contributed by atoms with Crippen LogP contribution in [0.3, 0.4) is 0 Å². The van der Waals surface area contributed by atoms with E-state index in [0.717, 1.165) is 23.0 Å². The zero-order valence-electron chi connectivity index (χ0n) is 12.7. The van der Waals surface area contributed by atoms with Gasteiger partial charge in [0.05, 0.1) is 3.57 Å². The smallest absolute Gasteiger partial charge is 0.129 e. The van der Waals surface area contributed by atoms with Crippen LogP contribution in [0.4, 0.5) is 0 Å². The number of aromatic hydroxyl groups is 1. The Labute approximate surface area is 145 Å². The summed E-state index contributed by atoms with van der Waals surface area (Å²) in [6.07, 6.45) is 3.42. The molecule has 1 N–H and O–H groups in total. The third-order valence-electron chi connectivity index (χ3n) is 5.33. The van der Waals surface area contributed by atoms with Crippen LogP contribution in [0.1, 0.15) is 34.6 Å². The standard InChI is InChI=1S/C19H20INO/c1-21-9-8-12-4-2-3-5-14(12)19-15-11-18(22)16(20)10-13(15)6-7-17(19)21/h2-5,10-11,17,19,22H,6-9H2,1H3/t17-,19-/m0/s1. The molecule has 1 aliphatic carbocycles. The van der Waals surface area contributed by atoms with Crippen molar-refractivity contribution in [3.05, 3.63) is 62.2 Å². The average Bonchev–Trinajstić information content (AvgIpc) is 2.67. The molecule has 0 aromatic heterocycles. The van der Waals surface area contributed by atoms with Crippen LogP contribution in [0.2, 0.25) is 0 Å². The summed E-state index contributed by atoms with van der Waals surface area (Å²) < 4.78 is 0.963. The Morgan fingerprint density at radius 3 is 2.77 bits per heavy atom. The molecule has 4 rings (SSSR count). The van der Waals surface area contributed by atoms with Gasteiger partial charge in [-0.05, 0) is 83.3 Å². The minimum atomic E-state index is 0.385. The molecule has 0 saturated carbocycles. The Kier molecular flexibility index (Phi) is 3.65. The Hall–Kier alpha value is -1.07. The van der Waals surface area contributed by atoms with Gasteiger partial charge in [-0.2, -0.15) is 0 Å². The number of aryl methyl sites for hydroxylation is 1. The van der Waals surface area contributed by atoms with Crippen LogP contribution in [-0.2, 0) is 12.8 Å². The Morgan fingerprint density at radius 2 is 1.91 bits per heavy atom. The van der Waals surface area contributed by atoms with Crippen LogP contribution >= 0.6 is 22.6 Å². The molecule has 1 heterocycles. The fourth-order valence-electron chi connectivity index (χ4n) is 4.18. The normalized spacial score (nSPS) is 24.1. The monoisotopic (exact) mass is 405 g/mol. The number of halogens is 1. The van der Waals surface area contributed by atoms with Crippen LogP contribution in [0.15, 0.2) is 36.4 Å². The highest BCUT2D eigenvalue weighted by Gasteiger charge is 2.36. The van der Waals surface area contributed by atoms with Crippen molar-refractivity contribution in [2.24, 2.45) is 0 Å². The second-order valence-corrected chi connectivity index (χ2v) is 7.68. The number of fused-ring (bicyclic) bond motifs is 5. The van der Waals surface area contributed by atoms with Gasteiger partial charge in [-0.3, -0.25) is 0 Å². The molecule has 0 amide bonds. The first-order valence-corrected chi connectivity index (χ1v) is 9.02. The SMILES string of the molecule is CN1CCc2ccccc2[C@H]2c3cc(O)c(I)cc3CC[C@@H]21. The van der Waals surface area contributed by atoms with Gasteiger partial charge in [-0.15, -0.1) is 0 Å². The minimum absolute atomic E-state index is 0.385. The zero-order chi connectivity index (χ0) is 15.3. The lowest BCUT2D eigenvalue weighted by Gasteiger charge is -2.38. The highest BCUT2D eigenvalue weighted by Crippen LogP contribution is 2.44. The number of nitrogens with zero attached hydrogens (tertiary/aromatic N) is 1. The molecule has 0 fully saturated rings. The van der Waals surface area contributed by atoms with Crippen molar-refractivity contribution >= 4 is 22.6 Å². The number of phenols is 1. The second kappa shape index (κ2) is 5.53. The van der Waals surface area contributed by atoms with Crippen molar-refractivity contribution in [2.75, 3.05) is 13.6 Å². The Balaban J connectivity index is 1.94. The topological polar surface area (TPSA) is 23.5 Å². The van der Waals surface area contributed by atoms with E-state index in [9.17, 15) is 5.11 Å². The minimum Gasteiger partial charge on any atom is -0.507 e. The van der Waals surface area contributed by atoms with Crippen molar-refractivity contribution < 1.29 is 5.11 Å². The molecule has 22 heavy (non-hydrogen) atoms. The molecule has 2 aromatic carbocycles. The van der Waals surface area contributed by atoms with E-state index in [-0.39, 0.29) is 0 Å². The first-order valence-electron chi connectivity index (χ1n) is 7.94. The molecule has 0 unspecified atom stereocenters. The molecule has 2 aliphatic rings. The summed E-state index contributed by atoms with van der Waals surface area (Å²) in [5.74, 6) is 0.805. The Bertz CT molecular complexity index is 727. The molecule has 2 atom stereocenters. The van der Waals surface area contributed by atoms with Gasteiger partial charge >= 0.3 is 0 Å². The van der Waals surface area contributed by atoms with E-state index in [4.69, 9.17) is 0 Å². The lowest BCUT2D eigenvalue weighted by atomic mass is 9.74. The van der Waals surface area contributed by atoms with E-state index < -0.39 is 0 Å². The maximum absolute atomic E-state index is 10.2. The molecule has 2 nitrogen and oxygen atoms in total. The Morgan fingerprint density at radius 1 is 1.09 bits per heavy atom. The zero-order valence-corrected chi connectivity index (χ0v) is 14.9. The fraction of sp³-hybridized carbons (Fsp3) is 0.368. The van der Waals surface area contributed by atoms with E-state index in [2.05, 4.69) is 64.9 Å². The second-order valence-electron chi connectivity index (χ2n) is 6.52. The number of hydrogen-bond donors (Lipinski definition) is 1. The van der Waals surface area contributed by atoms with Crippen LogP contribution in [0.5, 0.6) is 5.75 Å². The number of benzene rings is 2. The average molecular weight is 405 g/mol. The number of phenolic OH excluding ortho intramolecular Hbond substituents is 1. The molecular weight excluding hydrogens is 385 g/mol. The van der Waals surface area contributed by atoms with Crippen LogP contribution in [-0.4, -0.2) is 29.6 Å². The van der Waals surface area contributed by atoms with Gasteiger partial charge in [0.1, 0.15) is 5.75 Å². The van der Waals surface area contributed by atoms with Crippen molar-refractivity contribution in [3.63, 3.8) is 0 Å². The number of hydrogen-bond acceptors (Lipinski definition) is 2. The summed E-state index contributed by atoms with van der Waals surface area (Å²) in [6.45, 7) is 1.11. The molecule has 0 bridgehead atoms. The molecule has 1 aliphatic heterocycles. The maximum Gasteiger partial charge on any atom is 0.129 e. The predicted octanol–water partition coefficient (Wildman–Crippen LogP) is 3.93. The van der Waals surface area contributed by atoms with Gasteiger partial charge in [0.15, 0.2) is 0 Å². The fourth-order valence-corrected chi connectivity index (χ4v) is 4.71. The quantitative estimate of drug-likeness (QED) is 0.672. The largest absolute Gasteiger partial charge is 0.507 e. The lowest BCUT2D eigenvalue weighted by molar-refractivity contribution is 0.214. The summed E-state index contributed by atoms with van der Waals surface area (Å²) in [5.41, 5.74) is 5.66. The molecule has 3 heteroatoms. The van der Waals surface area contributed by atoms with Gasteiger partial charge in [0.25, 0.3) is 0 Å². The van der Waals surface area contributed by atoms with Crippen molar-refractivity contribution in [1.29, 1.82) is 0 Å². The van der Waals surface area contributed by atoms with Crippen molar-refractivity contribution in [2.45, 2.75) is 31.2 Å². The highest BCUT2D eigenvalue weighted by atomic mass is 127. The summed E-state index contributed by atoms with van der Waals surface area (Å²) in [5, 5.41) is 10.2. The lowest BCUT2D eigenvalue weighted by Crippen LogP contribution is -2.39. The summed E-state index contributed by atoms with van der Waals surface area (Å²) in [4.78, 5) is 2.52. The summed E-state index contributed by atoms with van der Waals surface area (Å²) >= 11 is 2.23. The van der Waals surface area contributed by atoms with E-state index in [1.165, 1.54) is 28.7 Å². The molecular formula is C19H20INO. The van der Waals surface area contributed by atoms with Gasteiger partial charge < -0.3 is 10.0 Å². The van der Waals surface area contributed by atoms with Crippen molar-refractivity contribution in [1.82, 2.24) is 4.90 Å². The van der Waals surface area contributed by atoms with E-state index >= 15 is 0 Å². The van der Waals surface area contributed by atoms with E-state index in [1.54, 1.807) is 0 Å². The molecule has 114 valence electrons. The van der Waals surface area contributed by atoms with Crippen LogP contribution in [0, 0.1) is 3.57 Å². The van der Waals surface area contributed by atoms with Gasteiger partial charge in [0.2, 0.25) is 0 Å². The van der Waals surface area contributed by atoms with Crippen molar-refractivity contribution in [3.8, 4) is 5.75 Å². The predicted molar refractivity (Wildman–Crippen MR) is 97.6 cm³/mol. The third kappa shape index (κ3) is 2.26. The molecule has 0 saturated heterocycles. The van der Waals surface area contributed by atoms with Crippen LogP contribution in [0.25, 0.3) is 0 Å². The van der Waals surface area contributed by atoms with Gasteiger partial charge in [-0.25, -0.2) is 0 Å². The maximum atomic E-state index is 10.2. The number of likely N-dealkylation sites (N-methyl/N-ethyl adjacent to an activating group) is 1. The first-order chi connectivity index (χ1) is 10.6. The highest BCUT2D eigenvalue weighted by molar-refractivity contribution is 14.1. The third-order valence-corrected chi connectivity index (χ3v) is 6.19. The molecule has 2 aromatic rings. The van der Waals surface area contributed by atoms with Gasteiger partial charge in [-0.1, -0.05) is 24.3 Å². The first kappa shape index (κ1) is 14.5. The van der Waals surface area contributed by atoms with E-state index in [1.807, 2.05) is 6.07 Å². The summed E-state index contributed by atoms with van der Waals surface area (Å²) in [7, 11) is 2.25.